The van der Waals surface area contributed by atoms with E-state index in [0.717, 1.165) is 61.3 Å². The van der Waals surface area contributed by atoms with Gasteiger partial charge in [0.2, 0.25) is 0 Å². The molecular formula is C59H50N4. The predicted octanol–water partition coefficient (Wildman–Crippen LogP) is 15.2. The van der Waals surface area contributed by atoms with Gasteiger partial charge in [0.15, 0.2) is 17.5 Å². The molecule has 4 heteroatoms. The molecule has 0 aliphatic heterocycles. The van der Waals surface area contributed by atoms with Crippen LogP contribution in [0.4, 0.5) is 0 Å². The number of rotatable bonds is 8. The first-order valence-corrected chi connectivity index (χ1v) is 21.9. The van der Waals surface area contributed by atoms with Crippen LogP contribution in [0.3, 0.4) is 0 Å². The quantitative estimate of drug-likeness (QED) is 0.153. The second-order valence-corrected chi connectivity index (χ2v) is 18.4. The van der Waals surface area contributed by atoms with Crippen LogP contribution < -0.4 is 0 Å². The highest BCUT2D eigenvalue weighted by atomic mass is 15.0. The van der Waals surface area contributed by atoms with Gasteiger partial charge in [-0.1, -0.05) is 181 Å². The zero-order chi connectivity index (χ0) is 43.3. The van der Waals surface area contributed by atoms with Gasteiger partial charge in [0, 0.05) is 28.5 Å². The van der Waals surface area contributed by atoms with E-state index in [0.29, 0.717) is 17.5 Å². The fourth-order valence-electron chi connectivity index (χ4n) is 9.40. The largest absolute Gasteiger partial charge is 0.256 e. The number of benzene rings is 7. The number of pyridine rings is 1. The maximum absolute atomic E-state index is 5.20. The zero-order valence-electron chi connectivity index (χ0n) is 36.8. The summed E-state index contributed by atoms with van der Waals surface area (Å²) >= 11 is 0. The fourth-order valence-corrected chi connectivity index (χ4v) is 9.40. The standard InChI is InChI=1S/C59H50N4/c1-57(2)51-29-28-45(37-52(51)58(3,4)59(57,5)6)53-38-44(30-31-60-53)42-24-16-26-46(32-42)55-61-54(41-22-14-9-15-23-41)62-56(63-55)47-27-17-25-43(33-47)50-35-48(39-18-10-7-11-19-39)34-49(36-50)40-20-12-8-13-21-40/h7-38H,1-6H3. The van der Waals surface area contributed by atoms with Gasteiger partial charge in [0.05, 0.1) is 5.69 Å². The molecule has 0 radical (unpaired) electrons. The number of fused-ring (bicyclic) bond motifs is 1. The molecular weight excluding hydrogens is 765 g/mol. The predicted molar refractivity (Wildman–Crippen MR) is 261 cm³/mol. The third-order valence-corrected chi connectivity index (χ3v) is 14.3. The molecule has 1 aliphatic rings. The summed E-state index contributed by atoms with van der Waals surface area (Å²) < 4.78 is 0. The molecule has 0 spiro atoms. The van der Waals surface area contributed by atoms with E-state index in [1.54, 1.807) is 0 Å². The van der Waals surface area contributed by atoms with Crippen LogP contribution in [-0.2, 0) is 10.8 Å². The van der Waals surface area contributed by atoms with Gasteiger partial charge in [-0.15, -0.1) is 0 Å². The summed E-state index contributed by atoms with van der Waals surface area (Å²) in [6.45, 7) is 14.4. The molecule has 0 amide bonds. The molecule has 2 aromatic heterocycles. The Balaban J connectivity index is 1.04. The van der Waals surface area contributed by atoms with Crippen LogP contribution in [0.2, 0.25) is 0 Å². The van der Waals surface area contributed by atoms with Crippen molar-refractivity contribution in [3.05, 3.63) is 205 Å². The lowest BCUT2D eigenvalue weighted by Crippen LogP contribution is -2.42. The summed E-state index contributed by atoms with van der Waals surface area (Å²) in [4.78, 5) is 20.3. The van der Waals surface area contributed by atoms with Gasteiger partial charge in [-0.2, -0.15) is 0 Å². The van der Waals surface area contributed by atoms with Gasteiger partial charge in [-0.25, -0.2) is 15.0 Å². The van der Waals surface area contributed by atoms with E-state index >= 15 is 0 Å². The van der Waals surface area contributed by atoms with Gasteiger partial charge >= 0.3 is 0 Å². The summed E-state index contributed by atoms with van der Waals surface area (Å²) in [5.41, 5.74) is 16.9. The summed E-state index contributed by atoms with van der Waals surface area (Å²) in [6, 6.07) is 66.4. The van der Waals surface area contributed by atoms with Gasteiger partial charge in [-0.05, 0) is 120 Å². The van der Waals surface area contributed by atoms with Gasteiger partial charge in [0.25, 0.3) is 0 Å². The first-order chi connectivity index (χ1) is 30.5. The molecule has 10 rings (SSSR count). The molecule has 0 saturated heterocycles. The Bertz CT molecular complexity index is 3070. The SMILES string of the molecule is CC1(C)c2ccc(-c3cc(-c4cccc(-c5nc(-c6ccccc6)nc(-c6cccc(-c7cc(-c8ccccc8)cc(-c8ccccc8)c7)c6)n5)c4)ccn3)cc2C(C)(C)C1(C)C. The minimum Gasteiger partial charge on any atom is -0.256 e. The molecule has 1 aliphatic carbocycles. The first kappa shape index (κ1) is 39.8. The van der Waals surface area contributed by atoms with Crippen molar-refractivity contribution in [1.29, 1.82) is 0 Å². The van der Waals surface area contributed by atoms with Crippen molar-refractivity contribution in [2.45, 2.75) is 52.4 Å². The van der Waals surface area contributed by atoms with Gasteiger partial charge < -0.3 is 0 Å². The van der Waals surface area contributed by atoms with Crippen LogP contribution in [0.5, 0.6) is 0 Å². The Morgan fingerprint density at radius 1 is 0.286 bits per heavy atom. The molecule has 9 aromatic rings. The van der Waals surface area contributed by atoms with Crippen LogP contribution in [0.15, 0.2) is 194 Å². The zero-order valence-corrected chi connectivity index (χ0v) is 36.8. The lowest BCUT2D eigenvalue weighted by atomic mass is 9.59. The molecule has 7 aromatic carbocycles. The topological polar surface area (TPSA) is 51.6 Å². The summed E-state index contributed by atoms with van der Waals surface area (Å²) in [5.74, 6) is 1.86. The van der Waals surface area contributed by atoms with Crippen LogP contribution in [0.25, 0.3) is 89.9 Å². The van der Waals surface area contributed by atoms with E-state index in [2.05, 4.69) is 211 Å². The smallest absolute Gasteiger partial charge is 0.164 e. The van der Waals surface area contributed by atoms with E-state index in [1.807, 2.05) is 24.4 Å². The molecule has 0 saturated carbocycles. The van der Waals surface area contributed by atoms with Gasteiger partial charge in [0.1, 0.15) is 0 Å². The maximum Gasteiger partial charge on any atom is 0.164 e. The molecule has 0 N–H and O–H groups in total. The lowest BCUT2D eigenvalue weighted by Gasteiger charge is -2.44. The first-order valence-electron chi connectivity index (χ1n) is 21.9. The Morgan fingerprint density at radius 2 is 0.683 bits per heavy atom. The molecule has 0 unspecified atom stereocenters. The molecule has 63 heavy (non-hydrogen) atoms. The molecule has 0 atom stereocenters. The highest BCUT2D eigenvalue weighted by molar-refractivity contribution is 5.83. The Labute approximate surface area is 371 Å². The second-order valence-electron chi connectivity index (χ2n) is 18.4. The van der Waals surface area contributed by atoms with Crippen molar-refractivity contribution in [3.8, 4) is 89.9 Å². The molecule has 306 valence electrons. The lowest BCUT2D eigenvalue weighted by molar-refractivity contribution is 0.125. The van der Waals surface area contributed by atoms with E-state index in [-0.39, 0.29) is 16.2 Å². The molecule has 0 bridgehead atoms. The van der Waals surface area contributed by atoms with Crippen molar-refractivity contribution < 1.29 is 0 Å². The minimum atomic E-state index is 0.0104. The Hall–Kier alpha value is -7.30. The van der Waals surface area contributed by atoms with Crippen LogP contribution in [0, 0.1) is 5.41 Å². The number of aromatic nitrogens is 4. The van der Waals surface area contributed by atoms with Crippen molar-refractivity contribution in [3.63, 3.8) is 0 Å². The van der Waals surface area contributed by atoms with Crippen molar-refractivity contribution in [1.82, 2.24) is 19.9 Å². The average Bonchev–Trinajstić information content (AvgIpc) is 3.44. The highest BCUT2D eigenvalue weighted by Gasteiger charge is 2.56. The average molecular weight is 815 g/mol. The second kappa shape index (κ2) is 15.6. The minimum absolute atomic E-state index is 0.0104. The highest BCUT2D eigenvalue weighted by Crippen LogP contribution is 2.61. The molecule has 4 nitrogen and oxygen atoms in total. The van der Waals surface area contributed by atoms with Crippen LogP contribution in [0.1, 0.15) is 52.7 Å². The number of hydrogen-bond acceptors (Lipinski definition) is 4. The van der Waals surface area contributed by atoms with E-state index in [9.17, 15) is 0 Å². The molecule has 0 fully saturated rings. The van der Waals surface area contributed by atoms with E-state index in [1.165, 1.54) is 22.3 Å². The maximum atomic E-state index is 5.20. The Kier molecular flexibility index (Phi) is 9.83. The fraction of sp³-hybridized carbons (Fsp3) is 0.153. The van der Waals surface area contributed by atoms with E-state index in [4.69, 9.17) is 19.9 Å². The van der Waals surface area contributed by atoms with E-state index < -0.39 is 0 Å². The molecule has 2 heterocycles. The summed E-state index contributed by atoms with van der Waals surface area (Å²) in [7, 11) is 0. The summed E-state index contributed by atoms with van der Waals surface area (Å²) in [5, 5.41) is 0. The monoisotopic (exact) mass is 814 g/mol. The third kappa shape index (κ3) is 7.16. The van der Waals surface area contributed by atoms with Crippen LogP contribution >= 0.6 is 0 Å². The Morgan fingerprint density at radius 3 is 1.22 bits per heavy atom. The van der Waals surface area contributed by atoms with Crippen LogP contribution in [-0.4, -0.2) is 19.9 Å². The van der Waals surface area contributed by atoms with Crippen molar-refractivity contribution in [2.75, 3.05) is 0 Å². The third-order valence-electron chi connectivity index (χ3n) is 14.3. The van der Waals surface area contributed by atoms with Crippen molar-refractivity contribution in [2.24, 2.45) is 5.41 Å². The normalized spacial score (nSPS) is 14.6. The number of hydrogen-bond donors (Lipinski definition) is 0. The number of nitrogens with zero attached hydrogens (tertiary/aromatic N) is 4. The van der Waals surface area contributed by atoms with Crippen molar-refractivity contribution >= 4 is 0 Å². The summed E-state index contributed by atoms with van der Waals surface area (Å²) in [6.07, 6.45) is 1.92. The van der Waals surface area contributed by atoms with Gasteiger partial charge in [-0.3, -0.25) is 4.98 Å².